The molecule has 0 saturated heterocycles. The number of fused-ring (bicyclic) bond motifs is 4. The van der Waals surface area contributed by atoms with Crippen molar-refractivity contribution in [2.75, 3.05) is 0 Å². The van der Waals surface area contributed by atoms with Gasteiger partial charge in [0.2, 0.25) is 0 Å². The van der Waals surface area contributed by atoms with Crippen LogP contribution in [0.1, 0.15) is 0 Å². The van der Waals surface area contributed by atoms with Crippen molar-refractivity contribution >= 4 is 43.6 Å². The van der Waals surface area contributed by atoms with E-state index in [0.717, 1.165) is 61.8 Å². The molecule has 50 heavy (non-hydrogen) atoms. The molecule has 10 aromatic rings. The summed E-state index contributed by atoms with van der Waals surface area (Å²) in [5.41, 5.74) is 10.9. The molecule has 0 spiro atoms. The summed E-state index contributed by atoms with van der Waals surface area (Å²) in [6.45, 7) is 0. The van der Waals surface area contributed by atoms with Crippen molar-refractivity contribution in [3.8, 4) is 45.3 Å². The summed E-state index contributed by atoms with van der Waals surface area (Å²) in [6, 6.07) is 64.3. The van der Waals surface area contributed by atoms with Gasteiger partial charge in [0.1, 0.15) is 11.6 Å². The molecule has 0 aliphatic rings. The fraction of sp³-hybridized carbons (Fsp3) is 0. The van der Waals surface area contributed by atoms with E-state index in [9.17, 15) is 0 Å². The van der Waals surface area contributed by atoms with E-state index in [1.807, 2.05) is 6.07 Å². The number of benzene rings is 8. The van der Waals surface area contributed by atoms with Gasteiger partial charge in [-0.1, -0.05) is 146 Å². The van der Waals surface area contributed by atoms with E-state index in [-0.39, 0.29) is 0 Å². The van der Waals surface area contributed by atoms with Gasteiger partial charge in [0.05, 0.1) is 27.8 Å². The zero-order valence-corrected chi connectivity index (χ0v) is 27.1. The van der Waals surface area contributed by atoms with Crippen LogP contribution in [-0.4, -0.2) is 19.1 Å². The van der Waals surface area contributed by atoms with E-state index in [1.54, 1.807) is 0 Å². The van der Waals surface area contributed by atoms with Crippen LogP contribution in [0.2, 0.25) is 0 Å². The maximum atomic E-state index is 5.19. The average molecular weight is 639 g/mol. The first-order valence-corrected chi connectivity index (χ1v) is 16.9. The summed E-state index contributed by atoms with van der Waals surface area (Å²) in [5.74, 6) is 1.86. The first-order valence-electron chi connectivity index (χ1n) is 16.9. The fourth-order valence-electron chi connectivity index (χ4n) is 7.53. The van der Waals surface area contributed by atoms with Crippen LogP contribution in [0.3, 0.4) is 0 Å². The number of para-hydroxylation sites is 5. The van der Waals surface area contributed by atoms with Crippen molar-refractivity contribution in [1.82, 2.24) is 19.1 Å². The Morgan fingerprint density at radius 1 is 0.320 bits per heavy atom. The highest BCUT2D eigenvalue weighted by atomic mass is 15.1. The Balaban J connectivity index is 1.21. The molecule has 0 bridgehead atoms. The van der Waals surface area contributed by atoms with E-state index in [1.165, 1.54) is 27.1 Å². The van der Waals surface area contributed by atoms with Gasteiger partial charge in [-0.25, -0.2) is 9.97 Å². The smallest absolute Gasteiger partial charge is 0.145 e. The average Bonchev–Trinajstić information content (AvgIpc) is 3.77. The molecule has 0 aliphatic heterocycles. The van der Waals surface area contributed by atoms with Gasteiger partial charge in [-0.05, 0) is 58.3 Å². The van der Waals surface area contributed by atoms with Crippen LogP contribution in [0, 0.1) is 0 Å². The highest BCUT2D eigenvalue weighted by Crippen LogP contribution is 2.43. The predicted molar refractivity (Wildman–Crippen MR) is 207 cm³/mol. The van der Waals surface area contributed by atoms with Gasteiger partial charge < -0.3 is 0 Å². The molecule has 0 amide bonds. The van der Waals surface area contributed by atoms with Crippen molar-refractivity contribution in [2.24, 2.45) is 0 Å². The van der Waals surface area contributed by atoms with Crippen molar-refractivity contribution in [1.29, 1.82) is 0 Å². The quantitative estimate of drug-likeness (QED) is 0.176. The lowest BCUT2D eigenvalue weighted by atomic mass is 9.90. The highest BCUT2D eigenvalue weighted by molar-refractivity contribution is 6.19. The number of rotatable bonds is 5. The predicted octanol–water partition coefficient (Wildman–Crippen LogP) is 11.7. The number of imidazole rings is 2. The van der Waals surface area contributed by atoms with Gasteiger partial charge in [0, 0.05) is 27.6 Å². The minimum absolute atomic E-state index is 0.925. The van der Waals surface area contributed by atoms with E-state index in [2.05, 4.69) is 185 Å². The lowest BCUT2D eigenvalue weighted by Gasteiger charge is -2.20. The third kappa shape index (κ3) is 4.39. The van der Waals surface area contributed by atoms with Gasteiger partial charge in [0.15, 0.2) is 0 Å². The SMILES string of the molecule is c1ccc(-c2nc3ccccc3n2-c2c3ccccc3c(-c3ccc(-c4nc5ccccc5n4-c4ccccc4)cc3)c3ccccc23)cc1. The van der Waals surface area contributed by atoms with E-state index in [0.29, 0.717) is 0 Å². The first kappa shape index (κ1) is 28.3. The molecule has 0 N–H and O–H groups in total. The van der Waals surface area contributed by atoms with E-state index in [4.69, 9.17) is 9.97 Å². The number of nitrogens with zero attached hydrogens (tertiary/aromatic N) is 4. The van der Waals surface area contributed by atoms with Crippen LogP contribution in [0.5, 0.6) is 0 Å². The Morgan fingerprint density at radius 2 is 0.740 bits per heavy atom. The summed E-state index contributed by atoms with van der Waals surface area (Å²) in [7, 11) is 0. The molecule has 0 aliphatic carbocycles. The fourth-order valence-corrected chi connectivity index (χ4v) is 7.53. The molecular formula is C46H30N4. The molecule has 0 unspecified atom stereocenters. The van der Waals surface area contributed by atoms with Crippen LogP contribution in [0.25, 0.3) is 88.9 Å². The molecule has 0 atom stereocenters. The van der Waals surface area contributed by atoms with Crippen molar-refractivity contribution < 1.29 is 0 Å². The van der Waals surface area contributed by atoms with Gasteiger partial charge in [0.25, 0.3) is 0 Å². The second-order valence-electron chi connectivity index (χ2n) is 12.6. The third-order valence-corrected chi connectivity index (χ3v) is 9.73. The highest BCUT2D eigenvalue weighted by Gasteiger charge is 2.22. The molecule has 4 nitrogen and oxygen atoms in total. The van der Waals surface area contributed by atoms with Crippen molar-refractivity contribution in [2.45, 2.75) is 0 Å². The molecule has 0 radical (unpaired) electrons. The second kappa shape index (κ2) is 11.4. The molecule has 10 rings (SSSR count). The zero-order valence-electron chi connectivity index (χ0n) is 27.1. The number of hydrogen-bond donors (Lipinski definition) is 0. The van der Waals surface area contributed by atoms with Gasteiger partial charge in [-0.2, -0.15) is 0 Å². The van der Waals surface area contributed by atoms with Crippen LogP contribution in [-0.2, 0) is 0 Å². The standard InChI is InChI=1S/C46H30N4/c1-3-15-32(16-4-1)46-48-40-24-12-14-26-42(40)50(46)44-37-21-9-7-19-35(37)43(36-20-8-10-22-38(36)44)31-27-29-33(30-28-31)45-47-39-23-11-13-25-41(39)49(45)34-17-5-2-6-18-34/h1-30H. The van der Waals surface area contributed by atoms with Crippen molar-refractivity contribution in [3.63, 3.8) is 0 Å². The maximum Gasteiger partial charge on any atom is 0.145 e. The third-order valence-electron chi connectivity index (χ3n) is 9.73. The van der Waals surface area contributed by atoms with E-state index < -0.39 is 0 Å². The molecule has 0 saturated carbocycles. The Kier molecular flexibility index (Phi) is 6.46. The lowest BCUT2D eigenvalue weighted by molar-refractivity contribution is 1.10. The molecule has 8 aromatic carbocycles. The Morgan fingerprint density at radius 3 is 1.34 bits per heavy atom. The Bertz CT molecular complexity index is 2790. The molecule has 2 heterocycles. The Hall–Kier alpha value is -6.78. The molecule has 234 valence electrons. The topological polar surface area (TPSA) is 35.6 Å². The van der Waals surface area contributed by atoms with Gasteiger partial charge in [-0.3, -0.25) is 9.13 Å². The summed E-state index contributed by atoms with van der Waals surface area (Å²) in [6.07, 6.45) is 0. The molecule has 4 heteroatoms. The van der Waals surface area contributed by atoms with Crippen LogP contribution < -0.4 is 0 Å². The minimum atomic E-state index is 0.925. The molecule has 2 aromatic heterocycles. The zero-order chi connectivity index (χ0) is 33.0. The number of hydrogen-bond acceptors (Lipinski definition) is 2. The number of aromatic nitrogens is 4. The van der Waals surface area contributed by atoms with Crippen molar-refractivity contribution in [3.05, 3.63) is 182 Å². The van der Waals surface area contributed by atoms with Gasteiger partial charge in [-0.15, -0.1) is 0 Å². The first-order chi connectivity index (χ1) is 24.8. The monoisotopic (exact) mass is 638 g/mol. The summed E-state index contributed by atoms with van der Waals surface area (Å²) >= 11 is 0. The molecule has 0 fully saturated rings. The van der Waals surface area contributed by atoms with Crippen LogP contribution in [0.4, 0.5) is 0 Å². The minimum Gasteiger partial charge on any atom is -0.292 e. The van der Waals surface area contributed by atoms with Crippen LogP contribution in [0.15, 0.2) is 182 Å². The normalized spacial score (nSPS) is 11.6. The summed E-state index contributed by atoms with van der Waals surface area (Å²) in [5, 5.41) is 4.75. The lowest BCUT2D eigenvalue weighted by Crippen LogP contribution is -2.01. The Labute approximate surface area is 289 Å². The largest absolute Gasteiger partial charge is 0.292 e. The maximum absolute atomic E-state index is 5.19. The second-order valence-corrected chi connectivity index (χ2v) is 12.6. The summed E-state index contributed by atoms with van der Waals surface area (Å²) in [4.78, 5) is 10.3. The van der Waals surface area contributed by atoms with E-state index >= 15 is 0 Å². The molecular weight excluding hydrogens is 609 g/mol. The van der Waals surface area contributed by atoms with Crippen LogP contribution >= 0.6 is 0 Å². The summed E-state index contributed by atoms with van der Waals surface area (Å²) < 4.78 is 4.61. The van der Waals surface area contributed by atoms with Gasteiger partial charge >= 0.3 is 0 Å².